The molecule has 1 aliphatic heterocycles. The summed E-state index contributed by atoms with van der Waals surface area (Å²) in [6, 6.07) is 0. The molecule has 1 fully saturated rings. The predicted molar refractivity (Wildman–Crippen MR) is 44.4 cm³/mol. The Morgan fingerprint density at radius 1 is 1.67 bits per heavy atom. The molecule has 1 atom stereocenters. The third kappa shape index (κ3) is 1.75. The number of amides is 2. The highest BCUT2D eigenvalue weighted by atomic mass is 16.2. The molecule has 0 aliphatic carbocycles. The van der Waals surface area contributed by atoms with Crippen LogP contribution >= 0.6 is 0 Å². The maximum atomic E-state index is 11.2. The zero-order valence-electron chi connectivity index (χ0n) is 7.46. The standard InChI is InChI=1S/C8H14N2O2/c1-9-8(12)6-3-4-7(11)10(2)5-6/h6H,3-5H2,1-2H3,(H,9,12). The molecule has 0 radical (unpaired) electrons. The molecule has 1 saturated heterocycles. The van der Waals surface area contributed by atoms with Gasteiger partial charge in [0.2, 0.25) is 11.8 Å². The largest absolute Gasteiger partial charge is 0.359 e. The highest BCUT2D eigenvalue weighted by molar-refractivity contribution is 5.83. The lowest BCUT2D eigenvalue weighted by atomic mass is 9.97. The highest BCUT2D eigenvalue weighted by Crippen LogP contribution is 2.15. The average Bonchev–Trinajstić information content (AvgIpc) is 2.08. The van der Waals surface area contributed by atoms with Crippen LogP contribution in [-0.2, 0) is 9.59 Å². The van der Waals surface area contributed by atoms with Gasteiger partial charge in [0.25, 0.3) is 0 Å². The van der Waals surface area contributed by atoms with Crippen LogP contribution in [0.5, 0.6) is 0 Å². The molecule has 1 N–H and O–H groups in total. The minimum absolute atomic E-state index is 0.0160. The number of nitrogens with zero attached hydrogens (tertiary/aromatic N) is 1. The van der Waals surface area contributed by atoms with E-state index in [9.17, 15) is 9.59 Å². The van der Waals surface area contributed by atoms with Crippen molar-refractivity contribution in [1.82, 2.24) is 10.2 Å². The normalized spacial score (nSPS) is 24.0. The Balaban J connectivity index is 2.50. The Hall–Kier alpha value is -1.06. The van der Waals surface area contributed by atoms with Crippen LogP contribution in [0, 0.1) is 5.92 Å². The fourth-order valence-corrected chi connectivity index (χ4v) is 1.43. The topological polar surface area (TPSA) is 49.4 Å². The van der Waals surface area contributed by atoms with Crippen molar-refractivity contribution in [2.24, 2.45) is 5.92 Å². The zero-order valence-corrected chi connectivity index (χ0v) is 7.46. The molecule has 1 unspecified atom stereocenters. The predicted octanol–water partition coefficient (Wildman–Crippen LogP) is -0.399. The molecule has 0 bridgehead atoms. The molecule has 4 nitrogen and oxygen atoms in total. The van der Waals surface area contributed by atoms with Crippen molar-refractivity contribution in [3.05, 3.63) is 0 Å². The van der Waals surface area contributed by atoms with Crippen molar-refractivity contribution in [3.63, 3.8) is 0 Å². The van der Waals surface area contributed by atoms with Gasteiger partial charge in [0.05, 0.1) is 5.92 Å². The van der Waals surface area contributed by atoms with E-state index < -0.39 is 0 Å². The maximum Gasteiger partial charge on any atom is 0.224 e. The number of rotatable bonds is 1. The Labute approximate surface area is 71.9 Å². The molecule has 0 saturated carbocycles. The molecule has 0 aromatic carbocycles. The molecule has 1 heterocycles. The minimum Gasteiger partial charge on any atom is -0.359 e. The van der Waals surface area contributed by atoms with E-state index in [2.05, 4.69) is 5.32 Å². The Morgan fingerprint density at radius 3 is 2.83 bits per heavy atom. The quantitative estimate of drug-likeness (QED) is 0.582. The first-order valence-corrected chi connectivity index (χ1v) is 4.10. The summed E-state index contributed by atoms with van der Waals surface area (Å²) in [5.74, 6) is 0.155. The summed E-state index contributed by atoms with van der Waals surface area (Å²) in [4.78, 5) is 23.8. The first-order valence-electron chi connectivity index (χ1n) is 4.10. The van der Waals surface area contributed by atoms with Crippen molar-refractivity contribution >= 4 is 11.8 Å². The molecule has 0 spiro atoms. The van der Waals surface area contributed by atoms with Crippen LogP contribution in [0.15, 0.2) is 0 Å². The summed E-state index contributed by atoms with van der Waals surface area (Å²) in [6.45, 7) is 0.554. The summed E-state index contributed by atoms with van der Waals surface area (Å²) in [6.07, 6.45) is 1.18. The van der Waals surface area contributed by atoms with Gasteiger partial charge in [-0.25, -0.2) is 0 Å². The van der Waals surface area contributed by atoms with Gasteiger partial charge in [-0.1, -0.05) is 0 Å². The van der Waals surface area contributed by atoms with Crippen molar-refractivity contribution in [3.8, 4) is 0 Å². The molecule has 12 heavy (non-hydrogen) atoms. The van der Waals surface area contributed by atoms with Crippen LogP contribution in [0.4, 0.5) is 0 Å². The first kappa shape index (κ1) is 9.03. The smallest absolute Gasteiger partial charge is 0.224 e. The van der Waals surface area contributed by atoms with Gasteiger partial charge < -0.3 is 10.2 Å². The van der Waals surface area contributed by atoms with Crippen molar-refractivity contribution in [2.45, 2.75) is 12.8 Å². The molecular formula is C8H14N2O2. The second-order valence-corrected chi connectivity index (χ2v) is 3.12. The summed E-state index contributed by atoms with van der Waals surface area (Å²) in [5.41, 5.74) is 0. The third-order valence-electron chi connectivity index (χ3n) is 2.24. The third-order valence-corrected chi connectivity index (χ3v) is 2.24. The van der Waals surface area contributed by atoms with E-state index >= 15 is 0 Å². The monoisotopic (exact) mass is 170 g/mol. The fourth-order valence-electron chi connectivity index (χ4n) is 1.43. The molecule has 1 rings (SSSR count). The maximum absolute atomic E-state index is 11.2. The number of hydrogen-bond donors (Lipinski definition) is 1. The average molecular weight is 170 g/mol. The summed E-state index contributed by atoms with van der Waals surface area (Å²) < 4.78 is 0. The lowest BCUT2D eigenvalue weighted by Crippen LogP contribution is -2.43. The van der Waals surface area contributed by atoms with E-state index in [0.29, 0.717) is 19.4 Å². The number of nitrogens with one attached hydrogen (secondary N) is 1. The van der Waals surface area contributed by atoms with Crippen molar-refractivity contribution in [2.75, 3.05) is 20.6 Å². The van der Waals surface area contributed by atoms with Gasteiger partial charge in [-0.2, -0.15) is 0 Å². The second-order valence-electron chi connectivity index (χ2n) is 3.12. The Morgan fingerprint density at radius 2 is 2.33 bits per heavy atom. The van der Waals surface area contributed by atoms with E-state index in [0.717, 1.165) is 0 Å². The molecular weight excluding hydrogens is 156 g/mol. The minimum atomic E-state index is -0.0160. The van der Waals surface area contributed by atoms with Gasteiger partial charge in [-0.05, 0) is 6.42 Å². The molecule has 0 aromatic rings. The zero-order chi connectivity index (χ0) is 9.14. The molecule has 2 amide bonds. The molecule has 68 valence electrons. The highest BCUT2D eigenvalue weighted by Gasteiger charge is 2.27. The van der Waals surface area contributed by atoms with E-state index in [1.165, 1.54) is 0 Å². The van der Waals surface area contributed by atoms with Gasteiger partial charge in [-0.3, -0.25) is 9.59 Å². The van der Waals surface area contributed by atoms with Crippen molar-refractivity contribution < 1.29 is 9.59 Å². The summed E-state index contributed by atoms with van der Waals surface area (Å²) >= 11 is 0. The van der Waals surface area contributed by atoms with Crippen LogP contribution in [0.1, 0.15) is 12.8 Å². The number of piperidine rings is 1. The fraction of sp³-hybridized carbons (Fsp3) is 0.750. The molecule has 0 aromatic heterocycles. The Kier molecular flexibility index (Phi) is 2.68. The van der Waals surface area contributed by atoms with Crippen LogP contribution in [-0.4, -0.2) is 37.4 Å². The van der Waals surface area contributed by atoms with Crippen molar-refractivity contribution in [1.29, 1.82) is 0 Å². The van der Waals surface area contributed by atoms with E-state index in [1.807, 2.05) is 0 Å². The van der Waals surface area contributed by atoms with Gasteiger partial charge in [0.15, 0.2) is 0 Å². The van der Waals surface area contributed by atoms with Gasteiger partial charge in [0, 0.05) is 27.1 Å². The van der Waals surface area contributed by atoms with Gasteiger partial charge in [0.1, 0.15) is 0 Å². The van der Waals surface area contributed by atoms with Crippen LogP contribution in [0.3, 0.4) is 0 Å². The van der Waals surface area contributed by atoms with E-state index in [1.54, 1.807) is 19.0 Å². The van der Waals surface area contributed by atoms with E-state index in [4.69, 9.17) is 0 Å². The lowest BCUT2D eigenvalue weighted by molar-refractivity contribution is -0.136. The molecule has 1 aliphatic rings. The van der Waals surface area contributed by atoms with Gasteiger partial charge in [-0.15, -0.1) is 0 Å². The van der Waals surface area contributed by atoms with Crippen LogP contribution < -0.4 is 5.32 Å². The SMILES string of the molecule is CNC(=O)C1CCC(=O)N(C)C1. The number of carbonyl (C=O) groups excluding carboxylic acids is 2. The lowest BCUT2D eigenvalue weighted by Gasteiger charge is -2.28. The van der Waals surface area contributed by atoms with Crippen LogP contribution in [0.2, 0.25) is 0 Å². The summed E-state index contributed by atoms with van der Waals surface area (Å²) in [5, 5.41) is 2.59. The second kappa shape index (κ2) is 3.56. The van der Waals surface area contributed by atoms with Gasteiger partial charge >= 0.3 is 0 Å². The molecule has 4 heteroatoms. The van der Waals surface area contributed by atoms with E-state index in [-0.39, 0.29) is 17.7 Å². The number of likely N-dealkylation sites (tertiary alicyclic amines) is 1. The first-order chi connectivity index (χ1) is 5.65. The summed E-state index contributed by atoms with van der Waals surface area (Å²) in [7, 11) is 3.36. The Bertz CT molecular complexity index is 203. The number of hydrogen-bond acceptors (Lipinski definition) is 2. The van der Waals surface area contributed by atoms with Crippen LogP contribution in [0.25, 0.3) is 0 Å². The number of carbonyl (C=O) groups is 2.